The topological polar surface area (TPSA) is 124 Å². The Labute approximate surface area is 209 Å². The van der Waals surface area contributed by atoms with Crippen molar-refractivity contribution in [1.82, 2.24) is 14.8 Å². The summed E-state index contributed by atoms with van der Waals surface area (Å²) in [5, 5.41) is 30.5. The molecule has 0 fully saturated rings. The van der Waals surface area contributed by atoms with Crippen LogP contribution in [-0.2, 0) is 11.3 Å². The van der Waals surface area contributed by atoms with Crippen molar-refractivity contribution in [2.24, 2.45) is 0 Å². The van der Waals surface area contributed by atoms with Crippen LogP contribution in [-0.4, -0.2) is 30.8 Å². The van der Waals surface area contributed by atoms with Crippen LogP contribution in [0, 0.1) is 17.0 Å². The van der Waals surface area contributed by atoms with Crippen molar-refractivity contribution in [2.75, 3.05) is 0 Å². The summed E-state index contributed by atoms with van der Waals surface area (Å²) in [5.74, 6) is 0.126. The van der Waals surface area contributed by atoms with E-state index in [1.807, 2.05) is 23.6 Å². The zero-order chi connectivity index (χ0) is 25.1. The summed E-state index contributed by atoms with van der Waals surface area (Å²) < 4.78 is 7.63. The van der Waals surface area contributed by atoms with Crippen LogP contribution in [0.15, 0.2) is 69.1 Å². The molecule has 0 bridgehead atoms. The molecule has 4 aromatic rings. The van der Waals surface area contributed by atoms with E-state index in [4.69, 9.17) is 16.0 Å². The minimum atomic E-state index is -1.15. The van der Waals surface area contributed by atoms with Gasteiger partial charge >= 0.3 is 5.97 Å². The average Bonchev–Trinajstić information content (AvgIpc) is 3.46. The highest BCUT2D eigenvalue weighted by Crippen LogP contribution is 2.34. The van der Waals surface area contributed by atoms with Crippen LogP contribution < -0.4 is 0 Å². The second kappa shape index (κ2) is 10.2. The molecular weight excluding hydrogens is 492 g/mol. The van der Waals surface area contributed by atoms with Gasteiger partial charge in [0.25, 0.3) is 5.69 Å². The first-order valence-corrected chi connectivity index (χ1v) is 11.6. The first-order valence-electron chi connectivity index (χ1n) is 10.4. The Hall–Kier alpha value is -3.89. The summed E-state index contributed by atoms with van der Waals surface area (Å²) in [6.45, 7) is 4.08. The summed E-state index contributed by atoms with van der Waals surface area (Å²) in [4.78, 5) is 22.8. The molecule has 2 aromatic carbocycles. The van der Waals surface area contributed by atoms with Gasteiger partial charge in [-0.3, -0.25) is 10.1 Å². The average molecular weight is 511 g/mol. The van der Waals surface area contributed by atoms with Gasteiger partial charge in [-0.2, -0.15) is 0 Å². The number of halogens is 1. The molecule has 1 N–H and O–H groups in total. The van der Waals surface area contributed by atoms with Crippen LogP contribution in [0.5, 0.6) is 0 Å². The lowest BCUT2D eigenvalue weighted by molar-refractivity contribution is -0.385. The number of nitro benzene ring substituents is 1. The fourth-order valence-corrected chi connectivity index (χ4v) is 4.48. The highest BCUT2D eigenvalue weighted by Gasteiger charge is 2.20. The number of hydrogen-bond donors (Lipinski definition) is 1. The summed E-state index contributed by atoms with van der Waals surface area (Å²) >= 11 is 6.92. The number of benzene rings is 2. The monoisotopic (exact) mass is 510 g/mol. The molecule has 0 aliphatic carbocycles. The van der Waals surface area contributed by atoms with Crippen molar-refractivity contribution < 1.29 is 19.2 Å². The maximum Gasteiger partial charge on any atom is 0.342 e. The lowest BCUT2D eigenvalue weighted by atomic mass is 10.1. The fourth-order valence-electron chi connectivity index (χ4n) is 3.49. The molecule has 0 amide bonds. The van der Waals surface area contributed by atoms with Gasteiger partial charge in [0.05, 0.1) is 4.92 Å². The summed E-state index contributed by atoms with van der Waals surface area (Å²) in [7, 11) is 0. The van der Waals surface area contributed by atoms with Crippen LogP contribution in [0.3, 0.4) is 0 Å². The number of nitro groups is 1. The van der Waals surface area contributed by atoms with Gasteiger partial charge in [0.2, 0.25) is 0 Å². The van der Waals surface area contributed by atoms with Gasteiger partial charge in [-0.1, -0.05) is 23.7 Å². The van der Waals surface area contributed by atoms with Gasteiger partial charge in [-0.05, 0) is 62.0 Å². The Balaban J connectivity index is 1.65. The Morgan fingerprint density at radius 2 is 1.94 bits per heavy atom. The van der Waals surface area contributed by atoms with E-state index in [-0.39, 0.29) is 16.4 Å². The van der Waals surface area contributed by atoms with Gasteiger partial charge in [0, 0.05) is 40.4 Å². The van der Waals surface area contributed by atoms with Gasteiger partial charge in [-0.25, -0.2) is 4.79 Å². The van der Waals surface area contributed by atoms with E-state index in [1.165, 1.54) is 12.1 Å². The van der Waals surface area contributed by atoms with E-state index >= 15 is 0 Å². The molecule has 0 radical (unpaired) electrons. The minimum absolute atomic E-state index is 0.0202. The number of carbonyl (C=O) groups is 1. The number of hydrogen-bond acceptors (Lipinski definition) is 7. The Morgan fingerprint density at radius 1 is 1.20 bits per heavy atom. The van der Waals surface area contributed by atoms with E-state index in [0.717, 1.165) is 17.3 Å². The Morgan fingerprint density at radius 3 is 2.60 bits per heavy atom. The molecule has 35 heavy (non-hydrogen) atoms. The molecule has 4 rings (SSSR count). The summed E-state index contributed by atoms with van der Waals surface area (Å²) in [5.41, 5.74) is 1.80. The number of furan rings is 1. The smallest absolute Gasteiger partial charge is 0.342 e. The molecule has 0 unspecified atom stereocenters. The fraction of sp³-hybridized carbons (Fsp3) is 0.125. The molecule has 9 nitrogen and oxygen atoms in total. The first kappa shape index (κ1) is 24.2. The molecule has 0 saturated carbocycles. The van der Waals surface area contributed by atoms with E-state index in [0.29, 0.717) is 39.4 Å². The third kappa shape index (κ3) is 5.13. The van der Waals surface area contributed by atoms with Crippen LogP contribution >= 0.6 is 23.4 Å². The molecule has 2 heterocycles. The molecular formula is C24H19ClN4O5S. The molecule has 0 aliphatic rings. The molecule has 11 heteroatoms. The van der Waals surface area contributed by atoms with Crippen LogP contribution in [0.4, 0.5) is 5.69 Å². The predicted octanol–water partition coefficient (Wildman–Crippen LogP) is 6.31. The molecule has 0 aliphatic heterocycles. The van der Waals surface area contributed by atoms with E-state index in [2.05, 4.69) is 10.2 Å². The highest BCUT2D eigenvalue weighted by atomic mass is 35.5. The number of aliphatic carboxylic acids is 1. The van der Waals surface area contributed by atoms with Crippen LogP contribution in [0.1, 0.15) is 18.2 Å². The number of rotatable bonds is 8. The van der Waals surface area contributed by atoms with Gasteiger partial charge in [-0.15, -0.1) is 10.2 Å². The molecule has 178 valence electrons. The minimum Gasteiger partial charge on any atom is -0.477 e. The molecule has 0 atom stereocenters. The molecule has 2 aromatic heterocycles. The van der Waals surface area contributed by atoms with Crippen molar-refractivity contribution in [1.29, 1.82) is 0 Å². The standard InChI is InChI=1S/C24H19ClN4O5S/c1-3-28-22(15-7-9-16(25)10-8-15)26-27-24(28)35-21(23(30)31)13-17-11-12-20(34-17)18-5-4-6-19(14(18)2)29(32)33/h4-13H,3H2,1-2H3,(H,30,31)/b21-13-. The number of carboxylic acid groups (broad SMARTS) is 1. The lowest BCUT2D eigenvalue weighted by Crippen LogP contribution is -2.02. The normalized spacial score (nSPS) is 11.6. The zero-order valence-corrected chi connectivity index (χ0v) is 20.2. The van der Waals surface area contributed by atoms with E-state index < -0.39 is 10.9 Å². The van der Waals surface area contributed by atoms with Gasteiger partial charge in [0.1, 0.15) is 16.4 Å². The van der Waals surface area contributed by atoms with Crippen molar-refractivity contribution >= 4 is 41.1 Å². The second-order valence-electron chi connectivity index (χ2n) is 7.38. The van der Waals surface area contributed by atoms with Gasteiger partial charge in [0.15, 0.2) is 11.0 Å². The Kier molecular flexibility index (Phi) is 7.04. The number of thioether (sulfide) groups is 1. The summed E-state index contributed by atoms with van der Waals surface area (Å²) in [6, 6.07) is 15.1. The summed E-state index contributed by atoms with van der Waals surface area (Å²) in [6.07, 6.45) is 1.39. The van der Waals surface area contributed by atoms with E-state index in [9.17, 15) is 20.0 Å². The third-order valence-corrected chi connectivity index (χ3v) is 6.46. The molecule has 0 spiro atoms. The first-order chi connectivity index (χ1) is 16.8. The van der Waals surface area contributed by atoms with Crippen LogP contribution in [0.2, 0.25) is 5.02 Å². The molecule has 0 saturated heterocycles. The van der Waals surface area contributed by atoms with Gasteiger partial charge < -0.3 is 14.1 Å². The highest BCUT2D eigenvalue weighted by molar-refractivity contribution is 8.04. The van der Waals surface area contributed by atoms with Crippen molar-refractivity contribution in [3.63, 3.8) is 0 Å². The van der Waals surface area contributed by atoms with Crippen molar-refractivity contribution in [2.45, 2.75) is 25.5 Å². The second-order valence-corrected chi connectivity index (χ2v) is 8.83. The number of carboxylic acids is 1. The number of aromatic nitrogens is 3. The van der Waals surface area contributed by atoms with Crippen LogP contribution in [0.25, 0.3) is 28.8 Å². The quantitative estimate of drug-likeness (QED) is 0.126. The lowest BCUT2D eigenvalue weighted by Gasteiger charge is -2.07. The third-order valence-electron chi connectivity index (χ3n) is 5.22. The largest absolute Gasteiger partial charge is 0.477 e. The maximum absolute atomic E-state index is 12.0. The Bertz CT molecular complexity index is 1440. The maximum atomic E-state index is 12.0. The SMILES string of the molecule is CCn1c(S/C(=C\c2ccc(-c3cccc([N+](=O)[O-])c3C)o2)C(=O)O)nnc1-c1ccc(Cl)cc1. The zero-order valence-electron chi connectivity index (χ0n) is 18.6. The van der Waals surface area contributed by atoms with Crippen molar-refractivity contribution in [3.8, 4) is 22.7 Å². The van der Waals surface area contributed by atoms with Crippen molar-refractivity contribution in [3.05, 3.63) is 86.0 Å². The predicted molar refractivity (Wildman–Crippen MR) is 133 cm³/mol. The number of nitrogens with zero attached hydrogens (tertiary/aromatic N) is 4. The van der Waals surface area contributed by atoms with E-state index in [1.54, 1.807) is 43.3 Å².